The Hall–Kier alpha value is -3.01. The van der Waals surface area contributed by atoms with E-state index < -0.39 is 0 Å². The third-order valence-electron chi connectivity index (χ3n) is 6.39. The average Bonchev–Trinajstić information content (AvgIpc) is 3.56. The third kappa shape index (κ3) is 6.28. The molecule has 3 heterocycles. The quantitative estimate of drug-likeness (QED) is 0.399. The van der Waals surface area contributed by atoms with Crippen molar-refractivity contribution in [1.29, 1.82) is 0 Å². The lowest BCUT2D eigenvalue weighted by molar-refractivity contribution is 0.412. The Morgan fingerprint density at radius 3 is 2.39 bits per heavy atom. The predicted molar refractivity (Wildman–Crippen MR) is 137 cm³/mol. The average molecular weight is 444 g/mol. The summed E-state index contributed by atoms with van der Waals surface area (Å²) in [5.74, 6) is 0.826. The van der Waals surface area contributed by atoms with Crippen LogP contribution in [0.5, 0.6) is 5.75 Å². The normalized spacial score (nSPS) is 14.8. The Morgan fingerprint density at radius 1 is 0.879 bits per heavy atom. The molecule has 1 aliphatic heterocycles. The molecule has 0 spiro atoms. The fourth-order valence-electron chi connectivity index (χ4n) is 4.50. The number of aryl methyl sites for hydroxylation is 1. The fourth-order valence-corrected chi connectivity index (χ4v) is 4.50. The van der Waals surface area contributed by atoms with Crippen LogP contribution in [-0.4, -0.2) is 17.1 Å². The number of methoxy groups -OCH3 is 1. The van der Waals surface area contributed by atoms with Crippen LogP contribution in [-0.2, 0) is 6.42 Å². The Morgan fingerprint density at radius 2 is 1.64 bits per heavy atom. The SMILES string of the molecule is CCCCCCCCCCCc1ccc(C=c2[nH]c(=C3C=c4ccccc4=N3)cc2OC)[nH]1. The first kappa shape index (κ1) is 23.2. The standard InChI is InChI=1S/C29H37N3O/c1-3-4-5-6-7-8-9-10-11-15-23-17-18-24(30-23)20-28-29(33-2)21-27(32-28)26-19-22-14-12-13-16-25(22)31-26/h12-14,16-21,30,32H,3-11,15H2,1-2H3. The molecule has 0 atom stereocenters. The van der Waals surface area contributed by atoms with Gasteiger partial charge in [0, 0.05) is 22.7 Å². The molecule has 2 N–H and O–H groups in total. The Kier molecular flexibility index (Phi) is 8.24. The highest BCUT2D eigenvalue weighted by molar-refractivity contribution is 5.76. The van der Waals surface area contributed by atoms with Crippen LogP contribution in [0, 0.1) is 0 Å². The van der Waals surface area contributed by atoms with E-state index in [0.717, 1.165) is 44.8 Å². The molecule has 4 heteroatoms. The van der Waals surface area contributed by atoms with Crippen LogP contribution < -0.4 is 26.0 Å². The first-order valence-electron chi connectivity index (χ1n) is 12.6. The van der Waals surface area contributed by atoms with Gasteiger partial charge < -0.3 is 14.7 Å². The van der Waals surface area contributed by atoms with Crippen molar-refractivity contribution < 1.29 is 4.74 Å². The number of rotatable bonds is 12. The largest absolute Gasteiger partial charge is 0.494 e. The van der Waals surface area contributed by atoms with Crippen molar-refractivity contribution >= 4 is 17.8 Å². The molecule has 1 aliphatic rings. The van der Waals surface area contributed by atoms with Gasteiger partial charge in [-0.25, -0.2) is 4.99 Å². The van der Waals surface area contributed by atoms with Crippen LogP contribution in [0.4, 0.5) is 0 Å². The van der Waals surface area contributed by atoms with Gasteiger partial charge in [-0.15, -0.1) is 0 Å². The van der Waals surface area contributed by atoms with E-state index in [1.54, 1.807) is 7.11 Å². The van der Waals surface area contributed by atoms with Crippen LogP contribution in [0.25, 0.3) is 17.8 Å². The van der Waals surface area contributed by atoms with Crippen LogP contribution in [0.1, 0.15) is 76.1 Å². The number of para-hydroxylation sites is 1. The molecule has 0 radical (unpaired) electrons. The maximum atomic E-state index is 5.63. The molecule has 0 bridgehead atoms. The summed E-state index contributed by atoms with van der Waals surface area (Å²) in [5, 5.41) is 4.08. The molecular formula is C29H37N3O. The molecule has 4 rings (SSSR count). The maximum absolute atomic E-state index is 5.63. The number of ether oxygens (including phenoxy) is 1. The molecule has 3 aromatic rings. The molecule has 0 saturated heterocycles. The Balaban J connectivity index is 1.37. The van der Waals surface area contributed by atoms with Crippen molar-refractivity contribution in [1.82, 2.24) is 9.97 Å². The lowest BCUT2D eigenvalue weighted by atomic mass is 10.1. The minimum atomic E-state index is 0.826. The second kappa shape index (κ2) is 11.7. The molecule has 33 heavy (non-hydrogen) atoms. The van der Waals surface area contributed by atoms with Gasteiger partial charge >= 0.3 is 0 Å². The zero-order chi connectivity index (χ0) is 22.9. The molecule has 4 nitrogen and oxygen atoms in total. The lowest BCUT2D eigenvalue weighted by Gasteiger charge is -2.01. The molecule has 2 aromatic heterocycles. The van der Waals surface area contributed by atoms with E-state index in [1.807, 2.05) is 24.3 Å². The van der Waals surface area contributed by atoms with Crippen molar-refractivity contribution in [2.45, 2.75) is 71.1 Å². The number of H-pyrrole nitrogens is 2. The van der Waals surface area contributed by atoms with Gasteiger partial charge in [0.25, 0.3) is 0 Å². The van der Waals surface area contributed by atoms with E-state index in [1.165, 1.54) is 63.5 Å². The second-order valence-electron chi connectivity index (χ2n) is 9.03. The molecule has 0 aliphatic carbocycles. The smallest absolute Gasteiger partial charge is 0.144 e. The van der Waals surface area contributed by atoms with E-state index >= 15 is 0 Å². The van der Waals surface area contributed by atoms with Gasteiger partial charge in [-0.05, 0) is 43.2 Å². The first-order valence-corrected chi connectivity index (χ1v) is 12.6. The van der Waals surface area contributed by atoms with Gasteiger partial charge in [-0.1, -0.05) is 76.5 Å². The number of aromatic amines is 2. The summed E-state index contributed by atoms with van der Waals surface area (Å²) in [6.45, 7) is 2.28. The summed E-state index contributed by atoms with van der Waals surface area (Å²) in [6, 6.07) is 14.6. The van der Waals surface area contributed by atoms with Crippen molar-refractivity contribution in [3.8, 4) is 5.75 Å². The summed E-state index contributed by atoms with van der Waals surface area (Å²) in [7, 11) is 1.71. The van der Waals surface area contributed by atoms with Crippen LogP contribution in [0.2, 0.25) is 0 Å². The van der Waals surface area contributed by atoms with E-state index in [9.17, 15) is 0 Å². The number of nitrogens with one attached hydrogen (secondary N) is 2. The van der Waals surface area contributed by atoms with Crippen LogP contribution in [0.15, 0.2) is 47.5 Å². The number of hydrogen-bond donors (Lipinski definition) is 2. The number of hydrogen-bond acceptors (Lipinski definition) is 2. The molecule has 174 valence electrons. The number of nitrogens with zero attached hydrogens (tertiary/aromatic N) is 1. The lowest BCUT2D eigenvalue weighted by Crippen LogP contribution is -2.19. The van der Waals surface area contributed by atoms with E-state index in [4.69, 9.17) is 9.73 Å². The predicted octanol–water partition coefficient (Wildman–Crippen LogP) is 4.48. The summed E-state index contributed by atoms with van der Waals surface area (Å²) >= 11 is 0. The molecule has 0 saturated carbocycles. The summed E-state index contributed by atoms with van der Waals surface area (Å²) in [4.78, 5) is 11.8. The van der Waals surface area contributed by atoms with E-state index in [-0.39, 0.29) is 0 Å². The van der Waals surface area contributed by atoms with Gasteiger partial charge in [0.15, 0.2) is 0 Å². The molecule has 0 fully saturated rings. The summed E-state index contributed by atoms with van der Waals surface area (Å²) < 4.78 is 5.63. The summed E-state index contributed by atoms with van der Waals surface area (Å²) in [6.07, 6.45) is 17.6. The minimum absolute atomic E-state index is 0.826. The first-order chi connectivity index (χ1) is 16.3. The summed E-state index contributed by atoms with van der Waals surface area (Å²) in [5.41, 5.74) is 3.33. The monoisotopic (exact) mass is 443 g/mol. The highest BCUT2D eigenvalue weighted by Gasteiger charge is 2.06. The highest BCUT2D eigenvalue weighted by Crippen LogP contribution is 2.12. The Labute approximate surface area is 196 Å². The van der Waals surface area contributed by atoms with Crippen molar-refractivity contribution in [2.24, 2.45) is 4.99 Å². The van der Waals surface area contributed by atoms with Crippen LogP contribution >= 0.6 is 0 Å². The van der Waals surface area contributed by atoms with Gasteiger partial charge in [0.05, 0.1) is 28.9 Å². The van der Waals surface area contributed by atoms with E-state index in [2.05, 4.69) is 47.2 Å². The number of benzene rings is 1. The molecule has 0 unspecified atom stereocenters. The number of aromatic nitrogens is 2. The Bertz CT molecular complexity index is 1240. The van der Waals surface area contributed by atoms with Gasteiger partial charge in [-0.2, -0.15) is 0 Å². The van der Waals surface area contributed by atoms with E-state index in [0.29, 0.717) is 0 Å². The molecule has 1 aromatic carbocycles. The van der Waals surface area contributed by atoms with Gasteiger partial charge in [-0.3, -0.25) is 0 Å². The minimum Gasteiger partial charge on any atom is -0.494 e. The second-order valence-corrected chi connectivity index (χ2v) is 9.03. The van der Waals surface area contributed by atoms with Gasteiger partial charge in [0.1, 0.15) is 5.75 Å². The van der Waals surface area contributed by atoms with Crippen molar-refractivity contribution in [2.75, 3.05) is 7.11 Å². The molecule has 0 amide bonds. The van der Waals surface area contributed by atoms with Crippen molar-refractivity contribution in [3.63, 3.8) is 0 Å². The van der Waals surface area contributed by atoms with Gasteiger partial charge in [0.2, 0.25) is 0 Å². The third-order valence-corrected chi connectivity index (χ3v) is 6.39. The van der Waals surface area contributed by atoms with Crippen LogP contribution in [0.3, 0.4) is 0 Å². The number of unbranched alkanes of at least 4 members (excludes halogenated alkanes) is 8. The highest BCUT2D eigenvalue weighted by atomic mass is 16.5. The fraction of sp³-hybridized carbons (Fsp3) is 0.414. The maximum Gasteiger partial charge on any atom is 0.144 e. The van der Waals surface area contributed by atoms with Crippen molar-refractivity contribution in [3.05, 3.63) is 75.1 Å². The zero-order valence-corrected chi connectivity index (χ0v) is 20.1. The molecular weight excluding hydrogens is 406 g/mol. The zero-order valence-electron chi connectivity index (χ0n) is 20.1. The number of fused-ring (bicyclic) bond motifs is 1. The topological polar surface area (TPSA) is 53.2 Å².